The summed E-state index contributed by atoms with van der Waals surface area (Å²) < 4.78 is 5.86. The van der Waals surface area contributed by atoms with Crippen LogP contribution >= 0.6 is 0 Å². The Morgan fingerprint density at radius 2 is 1.89 bits per heavy atom. The zero-order valence-corrected chi connectivity index (χ0v) is 12.0. The maximum absolute atomic E-state index is 12.1. The van der Waals surface area contributed by atoms with E-state index in [0.29, 0.717) is 5.92 Å². The molecule has 1 aliphatic rings. The van der Waals surface area contributed by atoms with Gasteiger partial charge in [0.1, 0.15) is 5.75 Å². The molecule has 0 N–H and O–H groups in total. The van der Waals surface area contributed by atoms with Gasteiger partial charge in [0.25, 0.3) is 5.91 Å². The van der Waals surface area contributed by atoms with Crippen LogP contribution in [0.15, 0.2) is 12.1 Å². The summed E-state index contributed by atoms with van der Waals surface area (Å²) in [6, 6.07) is 4.11. The highest BCUT2D eigenvalue weighted by atomic mass is 16.5. The van der Waals surface area contributed by atoms with Gasteiger partial charge in [-0.1, -0.05) is 13.8 Å². The molecular formula is C15H21NO2. The first-order valence-corrected chi connectivity index (χ1v) is 6.35. The van der Waals surface area contributed by atoms with Gasteiger partial charge in [-0.15, -0.1) is 0 Å². The minimum atomic E-state index is -0.786. The number of anilines is 1. The van der Waals surface area contributed by atoms with E-state index in [-0.39, 0.29) is 5.91 Å². The van der Waals surface area contributed by atoms with E-state index in [0.717, 1.165) is 11.4 Å². The van der Waals surface area contributed by atoms with Crippen LogP contribution in [-0.2, 0) is 4.79 Å². The van der Waals surface area contributed by atoms with Crippen LogP contribution in [0.3, 0.4) is 0 Å². The zero-order valence-electron chi connectivity index (χ0n) is 12.0. The Bertz CT molecular complexity index is 503. The largest absolute Gasteiger partial charge is 0.476 e. The molecule has 1 aromatic rings. The van der Waals surface area contributed by atoms with Gasteiger partial charge in [-0.3, -0.25) is 4.79 Å². The van der Waals surface area contributed by atoms with Crippen LogP contribution in [-0.4, -0.2) is 18.6 Å². The van der Waals surface area contributed by atoms with Crippen LogP contribution in [0.2, 0.25) is 0 Å². The fourth-order valence-electron chi connectivity index (χ4n) is 2.49. The highest BCUT2D eigenvalue weighted by molar-refractivity contribution is 6.02. The van der Waals surface area contributed by atoms with Gasteiger partial charge in [0.2, 0.25) is 0 Å². The summed E-state index contributed by atoms with van der Waals surface area (Å²) in [6.45, 7) is 10.0. The maximum Gasteiger partial charge on any atom is 0.270 e. The highest BCUT2D eigenvalue weighted by Gasteiger charge is 2.39. The number of hydrogen-bond acceptors (Lipinski definition) is 2. The van der Waals surface area contributed by atoms with Crippen LogP contribution in [0.4, 0.5) is 5.69 Å². The number of nitrogens with zero attached hydrogens (tertiary/aromatic N) is 1. The number of fused-ring (bicyclic) bond motifs is 1. The predicted molar refractivity (Wildman–Crippen MR) is 73.4 cm³/mol. The van der Waals surface area contributed by atoms with Crippen molar-refractivity contribution in [3.05, 3.63) is 23.3 Å². The topological polar surface area (TPSA) is 29.5 Å². The van der Waals surface area contributed by atoms with E-state index in [9.17, 15) is 4.79 Å². The van der Waals surface area contributed by atoms with Crippen molar-refractivity contribution < 1.29 is 9.53 Å². The molecule has 2 rings (SSSR count). The Balaban J connectivity index is 2.58. The molecule has 0 radical (unpaired) electrons. The van der Waals surface area contributed by atoms with E-state index in [1.165, 1.54) is 11.1 Å². The summed E-state index contributed by atoms with van der Waals surface area (Å²) in [4.78, 5) is 13.8. The number of benzene rings is 1. The first kappa shape index (κ1) is 12.9. The smallest absolute Gasteiger partial charge is 0.270 e. The summed E-state index contributed by atoms with van der Waals surface area (Å²) in [6.07, 6.45) is 0. The third-order valence-corrected chi connectivity index (χ3v) is 3.52. The van der Waals surface area contributed by atoms with Crippen molar-refractivity contribution >= 4 is 11.6 Å². The summed E-state index contributed by atoms with van der Waals surface area (Å²) in [7, 11) is 1.81. The Labute approximate surface area is 109 Å². The molecule has 98 valence electrons. The zero-order chi connectivity index (χ0) is 13.7. The third kappa shape index (κ3) is 1.88. The lowest BCUT2D eigenvalue weighted by atomic mass is 9.95. The van der Waals surface area contributed by atoms with Crippen molar-refractivity contribution in [2.75, 3.05) is 11.9 Å². The molecule has 18 heavy (non-hydrogen) atoms. The Morgan fingerprint density at radius 1 is 1.28 bits per heavy atom. The van der Waals surface area contributed by atoms with Crippen LogP contribution in [0.25, 0.3) is 0 Å². The molecule has 1 heterocycles. The Morgan fingerprint density at radius 3 is 2.44 bits per heavy atom. The minimum absolute atomic E-state index is 0.00769. The van der Waals surface area contributed by atoms with Crippen molar-refractivity contribution in [3.8, 4) is 5.75 Å². The quantitative estimate of drug-likeness (QED) is 0.762. The molecule has 3 heteroatoms. The van der Waals surface area contributed by atoms with Crippen LogP contribution < -0.4 is 9.64 Å². The lowest BCUT2D eigenvalue weighted by Crippen LogP contribution is -2.50. The fraction of sp³-hybridized carbons (Fsp3) is 0.533. The molecule has 0 saturated heterocycles. The first-order valence-electron chi connectivity index (χ1n) is 6.35. The number of amides is 1. The molecule has 0 atom stereocenters. The highest BCUT2D eigenvalue weighted by Crippen LogP contribution is 2.40. The van der Waals surface area contributed by atoms with Crippen molar-refractivity contribution in [2.24, 2.45) is 0 Å². The lowest BCUT2D eigenvalue weighted by Gasteiger charge is -2.37. The van der Waals surface area contributed by atoms with Crippen molar-refractivity contribution in [2.45, 2.75) is 46.1 Å². The first-order chi connectivity index (χ1) is 8.24. The molecule has 1 aliphatic heterocycles. The molecule has 0 spiro atoms. The predicted octanol–water partition coefficient (Wildman–Crippen LogP) is 3.25. The number of carbonyl (C=O) groups excluding carboxylic acids is 1. The molecule has 1 amide bonds. The third-order valence-electron chi connectivity index (χ3n) is 3.52. The molecule has 3 nitrogen and oxygen atoms in total. The van der Waals surface area contributed by atoms with Crippen LogP contribution in [0.1, 0.15) is 44.7 Å². The van der Waals surface area contributed by atoms with E-state index in [1.54, 1.807) is 11.9 Å². The van der Waals surface area contributed by atoms with Crippen LogP contribution in [0.5, 0.6) is 5.75 Å². The average Bonchev–Trinajstić information content (AvgIpc) is 2.26. The molecule has 0 aromatic heterocycles. The molecule has 0 aliphatic carbocycles. The molecule has 0 bridgehead atoms. The summed E-state index contributed by atoms with van der Waals surface area (Å²) in [5.41, 5.74) is 2.55. The van der Waals surface area contributed by atoms with E-state index in [1.807, 2.05) is 19.9 Å². The number of rotatable bonds is 1. The number of ether oxygens (including phenoxy) is 1. The van der Waals surface area contributed by atoms with E-state index < -0.39 is 5.60 Å². The number of carbonyl (C=O) groups is 1. The SMILES string of the molecule is Cc1cc2c(cc1C(C)C)OC(C)(C)C(=O)N2C. The molecule has 0 saturated carbocycles. The number of likely N-dealkylation sites (N-methyl/N-ethyl adjacent to an activating group) is 1. The normalized spacial score (nSPS) is 17.7. The van der Waals surface area contributed by atoms with E-state index in [2.05, 4.69) is 26.8 Å². The van der Waals surface area contributed by atoms with Gasteiger partial charge in [0.15, 0.2) is 5.60 Å². The second-order valence-corrected chi connectivity index (χ2v) is 5.81. The van der Waals surface area contributed by atoms with Crippen molar-refractivity contribution in [1.82, 2.24) is 0 Å². The van der Waals surface area contributed by atoms with Gasteiger partial charge >= 0.3 is 0 Å². The number of aryl methyl sites for hydroxylation is 1. The molecular weight excluding hydrogens is 226 g/mol. The van der Waals surface area contributed by atoms with Crippen LogP contribution in [0, 0.1) is 6.92 Å². The fourth-order valence-corrected chi connectivity index (χ4v) is 2.49. The summed E-state index contributed by atoms with van der Waals surface area (Å²) >= 11 is 0. The van der Waals surface area contributed by atoms with Crippen molar-refractivity contribution in [3.63, 3.8) is 0 Å². The maximum atomic E-state index is 12.1. The minimum Gasteiger partial charge on any atom is -0.476 e. The average molecular weight is 247 g/mol. The monoisotopic (exact) mass is 247 g/mol. The summed E-state index contributed by atoms with van der Waals surface area (Å²) in [5, 5.41) is 0. The van der Waals surface area contributed by atoms with Gasteiger partial charge in [-0.25, -0.2) is 0 Å². The second-order valence-electron chi connectivity index (χ2n) is 5.81. The summed E-state index contributed by atoms with van der Waals surface area (Å²) in [5.74, 6) is 1.24. The second kappa shape index (κ2) is 4.01. The lowest BCUT2D eigenvalue weighted by molar-refractivity contribution is -0.132. The molecule has 0 unspecified atom stereocenters. The standard InChI is InChI=1S/C15H21NO2/c1-9(2)11-8-13-12(7-10(11)3)16(6)14(17)15(4,5)18-13/h7-9H,1-6H3. The Hall–Kier alpha value is -1.51. The molecule has 0 fully saturated rings. The molecule has 1 aromatic carbocycles. The number of hydrogen-bond donors (Lipinski definition) is 0. The van der Waals surface area contributed by atoms with Gasteiger partial charge in [0.05, 0.1) is 5.69 Å². The van der Waals surface area contributed by atoms with Gasteiger partial charge < -0.3 is 9.64 Å². The van der Waals surface area contributed by atoms with E-state index in [4.69, 9.17) is 4.74 Å². The van der Waals surface area contributed by atoms with Gasteiger partial charge in [-0.05, 0) is 49.9 Å². The Kier molecular flexibility index (Phi) is 2.88. The van der Waals surface area contributed by atoms with Gasteiger partial charge in [0, 0.05) is 7.05 Å². The van der Waals surface area contributed by atoms with Gasteiger partial charge in [-0.2, -0.15) is 0 Å². The van der Waals surface area contributed by atoms with E-state index >= 15 is 0 Å². The van der Waals surface area contributed by atoms with Crippen molar-refractivity contribution in [1.29, 1.82) is 0 Å².